The van der Waals surface area contributed by atoms with Gasteiger partial charge >= 0.3 is 11.9 Å². The molecule has 0 aromatic heterocycles. The van der Waals surface area contributed by atoms with Gasteiger partial charge in [-0.1, -0.05) is 79.1 Å². The Balaban J connectivity index is 2.69. The summed E-state index contributed by atoms with van der Waals surface area (Å²) in [5.74, 6) is -1.31. The number of carboxylic acid groups (broad SMARTS) is 1. The molecule has 0 amide bonds. The molecule has 0 bridgehead atoms. The van der Waals surface area contributed by atoms with E-state index in [9.17, 15) is 14.7 Å². The van der Waals surface area contributed by atoms with Crippen LogP contribution in [-0.2, 0) is 14.3 Å². The van der Waals surface area contributed by atoms with Crippen molar-refractivity contribution >= 4 is 11.9 Å². The van der Waals surface area contributed by atoms with Crippen molar-refractivity contribution in [1.82, 2.24) is 0 Å². The van der Waals surface area contributed by atoms with Gasteiger partial charge in [-0.2, -0.15) is 0 Å². The monoisotopic (exact) mass is 368 g/mol. The van der Waals surface area contributed by atoms with Gasteiger partial charge in [0.05, 0.1) is 11.8 Å². The Morgan fingerprint density at radius 1 is 1.00 bits per heavy atom. The van der Waals surface area contributed by atoms with Crippen LogP contribution < -0.4 is 0 Å². The zero-order valence-corrected chi connectivity index (χ0v) is 17.3. The van der Waals surface area contributed by atoms with Gasteiger partial charge in [-0.05, 0) is 31.1 Å². The van der Waals surface area contributed by atoms with Gasteiger partial charge in [0, 0.05) is 0 Å². The summed E-state index contributed by atoms with van der Waals surface area (Å²) in [5, 5.41) is 9.43. The number of hydrogen-bond acceptors (Lipinski definition) is 3. The van der Waals surface area contributed by atoms with E-state index in [1.165, 1.54) is 32.1 Å². The zero-order chi connectivity index (χ0) is 19.5. The highest BCUT2D eigenvalue weighted by atomic mass is 16.5. The Kier molecular flexibility index (Phi) is 10.9. The lowest BCUT2D eigenvalue weighted by Crippen LogP contribution is -2.37. The molecule has 1 N–H and O–H groups in total. The molecule has 152 valence electrons. The van der Waals surface area contributed by atoms with Crippen LogP contribution in [-0.4, -0.2) is 23.1 Å². The number of hydrogen-bond donors (Lipinski definition) is 1. The molecule has 4 heteroatoms. The van der Waals surface area contributed by atoms with Gasteiger partial charge in [-0.3, -0.25) is 9.59 Å². The Hall–Kier alpha value is -1.06. The maximum Gasteiger partial charge on any atom is 0.310 e. The number of unbranched alkanes of at least 4 members (excludes halogenated alkanes) is 2. The standard InChI is InChI=1S/C22H40O4/c1-5-7-8-12-17(11-6-2)15-20(16(3)4)26-22(25)19-14-10-9-13-18(19)21(23)24/h16-20H,5-15H2,1-4H3,(H,23,24). The molecule has 1 aliphatic rings. The first-order valence-corrected chi connectivity index (χ1v) is 10.8. The van der Waals surface area contributed by atoms with E-state index in [1.54, 1.807) is 0 Å². The van der Waals surface area contributed by atoms with Crippen LogP contribution in [0.15, 0.2) is 0 Å². The summed E-state index contributed by atoms with van der Waals surface area (Å²) < 4.78 is 5.91. The molecule has 4 unspecified atom stereocenters. The summed E-state index contributed by atoms with van der Waals surface area (Å²) in [6.45, 7) is 8.63. The molecular formula is C22H40O4. The maximum absolute atomic E-state index is 12.7. The third-order valence-electron chi connectivity index (χ3n) is 5.88. The molecule has 0 saturated heterocycles. The van der Waals surface area contributed by atoms with Crippen molar-refractivity contribution in [3.05, 3.63) is 0 Å². The third kappa shape index (κ3) is 7.67. The molecule has 4 nitrogen and oxygen atoms in total. The first-order valence-electron chi connectivity index (χ1n) is 10.8. The van der Waals surface area contributed by atoms with Crippen molar-refractivity contribution in [2.45, 2.75) is 104 Å². The van der Waals surface area contributed by atoms with Crippen LogP contribution in [0.2, 0.25) is 0 Å². The van der Waals surface area contributed by atoms with Crippen molar-refractivity contribution in [2.24, 2.45) is 23.7 Å². The molecule has 0 aliphatic heterocycles. The molecule has 1 fully saturated rings. The lowest BCUT2D eigenvalue weighted by molar-refractivity contribution is -0.166. The molecule has 1 saturated carbocycles. The van der Waals surface area contributed by atoms with Crippen molar-refractivity contribution in [3.63, 3.8) is 0 Å². The number of ether oxygens (including phenoxy) is 1. The molecule has 0 spiro atoms. The SMILES string of the molecule is CCCCCC(CCC)CC(OC(=O)C1CCCCC1C(=O)O)C(C)C. The van der Waals surface area contributed by atoms with Crippen molar-refractivity contribution in [3.8, 4) is 0 Å². The molecule has 0 heterocycles. The molecule has 26 heavy (non-hydrogen) atoms. The topological polar surface area (TPSA) is 63.6 Å². The van der Waals surface area contributed by atoms with Gasteiger partial charge in [0.2, 0.25) is 0 Å². The number of carbonyl (C=O) groups is 2. The Labute approximate surface area is 160 Å². The van der Waals surface area contributed by atoms with E-state index >= 15 is 0 Å². The summed E-state index contributed by atoms with van der Waals surface area (Å²) in [6.07, 6.45) is 11.1. The second-order valence-corrected chi connectivity index (χ2v) is 8.44. The quantitative estimate of drug-likeness (QED) is 0.347. The second kappa shape index (κ2) is 12.3. The van der Waals surface area contributed by atoms with Crippen LogP contribution in [0.5, 0.6) is 0 Å². The fraction of sp³-hybridized carbons (Fsp3) is 0.909. The fourth-order valence-electron chi connectivity index (χ4n) is 4.20. The summed E-state index contributed by atoms with van der Waals surface area (Å²) in [5.41, 5.74) is 0. The van der Waals surface area contributed by atoms with Gasteiger partial charge in [0.25, 0.3) is 0 Å². The van der Waals surface area contributed by atoms with Crippen LogP contribution in [0.4, 0.5) is 0 Å². The maximum atomic E-state index is 12.7. The van der Waals surface area contributed by atoms with Gasteiger partial charge < -0.3 is 9.84 Å². The van der Waals surface area contributed by atoms with Gasteiger partial charge in [0.1, 0.15) is 6.10 Å². The van der Waals surface area contributed by atoms with E-state index in [4.69, 9.17) is 4.74 Å². The number of rotatable bonds is 12. The molecule has 1 aliphatic carbocycles. The molecule has 4 atom stereocenters. The van der Waals surface area contributed by atoms with Gasteiger partial charge in [-0.25, -0.2) is 0 Å². The number of esters is 1. The number of carbonyl (C=O) groups excluding carboxylic acids is 1. The Bertz CT molecular complexity index is 418. The number of carboxylic acids is 1. The summed E-state index contributed by atoms with van der Waals surface area (Å²) >= 11 is 0. The second-order valence-electron chi connectivity index (χ2n) is 8.44. The minimum atomic E-state index is -0.851. The molecular weight excluding hydrogens is 328 g/mol. The van der Waals surface area contributed by atoms with E-state index in [1.807, 2.05) is 0 Å². The third-order valence-corrected chi connectivity index (χ3v) is 5.88. The lowest BCUT2D eigenvalue weighted by Gasteiger charge is -2.31. The fourth-order valence-corrected chi connectivity index (χ4v) is 4.20. The van der Waals surface area contributed by atoms with E-state index in [0.29, 0.717) is 18.8 Å². The van der Waals surface area contributed by atoms with Crippen LogP contribution in [0.25, 0.3) is 0 Å². The Morgan fingerprint density at radius 3 is 2.19 bits per heavy atom. The molecule has 1 rings (SSSR count). The van der Waals surface area contributed by atoms with E-state index in [-0.39, 0.29) is 18.0 Å². The highest BCUT2D eigenvalue weighted by molar-refractivity contribution is 5.81. The van der Waals surface area contributed by atoms with Crippen molar-refractivity contribution in [1.29, 1.82) is 0 Å². The van der Waals surface area contributed by atoms with Crippen LogP contribution in [0, 0.1) is 23.7 Å². The largest absolute Gasteiger partial charge is 0.481 e. The highest BCUT2D eigenvalue weighted by Gasteiger charge is 2.38. The first kappa shape index (κ1) is 23.0. The average molecular weight is 369 g/mol. The molecule has 0 aromatic rings. The van der Waals surface area contributed by atoms with Crippen molar-refractivity contribution in [2.75, 3.05) is 0 Å². The minimum absolute atomic E-state index is 0.1000. The van der Waals surface area contributed by atoms with Crippen LogP contribution in [0.3, 0.4) is 0 Å². The van der Waals surface area contributed by atoms with E-state index < -0.39 is 17.8 Å². The van der Waals surface area contributed by atoms with Gasteiger partial charge in [-0.15, -0.1) is 0 Å². The van der Waals surface area contributed by atoms with Crippen LogP contribution >= 0.6 is 0 Å². The molecule has 0 radical (unpaired) electrons. The number of aliphatic carboxylic acids is 1. The highest BCUT2D eigenvalue weighted by Crippen LogP contribution is 2.33. The average Bonchev–Trinajstić information content (AvgIpc) is 2.61. The Morgan fingerprint density at radius 2 is 1.65 bits per heavy atom. The summed E-state index contributed by atoms with van der Waals surface area (Å²) in [6, 6.07) is 0. The van der Waals surface area contributed by atoms with Gasteiger partial charge in [0.15, 0.2) is 0 Å². The van der Waals surface area contributed by atoms with E-state index in [2.05, 4.69) is 27.7 Å². The minimum Gasteiger partial charge on any atom is -0.481 e. The predicted molar refractivity (Wildman–Crippen MR) is 105 cm³/mol. The summed E-state index contributed by atoms with van der Waals surface area (Å²) in [7, 11) is 0. The normalized spacial score (nSPS) is 22.8. The zero-order valence-electron chi connectivity index (χ0n) is 17.3. The molecule has 0 aromatic carbocycles. The lowest BCUT2D eigenvalue weighted by atomic mass is 9.79. The van der Waals surface area contributed by atoms with Crippen LogP contribution in [0.1, 0.15) is 98.3 Å². The summed E-state index contributed by atoms with van der Waals surface area (Å²) in [4.78, 5) is 24.2. The van der Waals surface area contributed by atoms with E-state index in [0.717, 1.165) is 25.7 Å². The smallest absolute Gasteiger partial charge is 0.310 e. The first-order chi connectivity index (χ1) is 12.4. The predicted octanol–water partition coefficient (Wildman–Crippen LogP) is 5.83. The van der Waals surface area contributed by atoms with Crippen molar-refractivity contribution < 1.29 is 19.4 Å².